The summed E-state index contributed by atoms with van der Waals surface area (Å²) in [4.78, 5) is 30.4. The number of hydrogen-bond donors (Lipinski definition) is 3. The molecule has 0 radical (unpaired) electrons. The van der Waals surface area contributed by atoms with Crippen molar-refractivity contribution in [2.75, 3.05) is 24.2 Å². The number of fused-ring (bicyclic) bond motifs is 3. The normalized spacial score (nSPS) is 20.6. The van der Waals surface area contributed by atoms with Crippen molar-refractivity contribution in [3.63, 3.8) is 0 Å². The van der Waals surface area contributed by atoms with Gasteiger partial charge in [-0.1, -0.05) is 0 Å². The molecular formula is C19H25FN4O6S. The summed E-state index contributed by atoms with van der Waals surface area (Å²) in [5, 5.41) is 12.7. The van der Waals surface area contributed by atoms with Gasteiger partial charge in [0.05, 0.1) is 11.6 Å². The van der Waals surface area contributed by atoms with Gasteiger partial charge in [-0.3, -0.25) is 9.35 Å². The molecule has 170 valence electrons. The number of nitrogens with one attached hydrogen (secondary N) is 1. The maximum absolute atomic E-state index is 14.8. The van der Waals surface area contributed by atoms with Gasteiger partial charge in [0.1, 0.15) is 11.2 Å². The van der Waals surface area contributed by atoms with Crippen LogP contribution in [0.2, 0.25) is 0 Å². The van der Waals surface area contributed by atoms with E-state index in [0.29, 0.717) is 24.5 Å². The molecule has 2 aliphatic heterocycles. The van der Waals surface area contributed by atoms with Gasteiger partial charge in [0.2, 0.25) is 5.43 Å². The van der Waals surface area contributed by atoms with Crippen LogP contribution in [0.15, 0.2) is 17.1 Å². The van der Waals surface area contributed by atoms with Crippen LogP contribution in [0.3, 0.4) is 0 Å². The van der Waals surface area contributed by atoms with E-state index in [1.807, 2.05) is 25.7 Å². The highest BCUT2D eigenvalue weighted by Crippen LogP contribution is 2.32. The molecule has 2 bridgehead atoms. The number of halogens is 1. The maximum Gasteiger partial charge on any atom is 0.341 e. The number of carbonyl (C=O) groups is 1. The van der Waals surface area contributed by atoms with Crippen molar-refractivity contribution in [2.24, 2.45) is 0 Å². The van der Waals surface area contributed by atoms with Crippen molar-refractivity contribution in [1.29, 1.82) is 0 Å². The molecule has 2 fully saturated rings. The van der Waals surface area contributed by atoms with Crippen LogP contribution in [0.25, 0.3) is 11.0 Å². The topological polar surface area (TPSA) is 142 Å². The van der Waals surface area contributed by atoms with E-state index >= 15 is 0 Å². The molecule has 2 aromatic heterocycles. The molecule has 0 amide bonds. The van der Waals surface area contributed by atoms with Crippen molar-refractivity contribution in [1.82, 2.24) is 14.9 Å². The Morgan fingerprint density at radius 3 is 2.42 bits per heavy atom. The Hall–Kier alpha value is -2.57. The highest BCUT2D eigenvalue weighted by molar-refractivity contribution is 7.85. The molecule has 1 unspecified atom stereocenters. The molecule has 2 saturated heterocycles. The lowest BCUT2D eigenvalue weighted by molar-refractivity contribution is 0.0694. The molecule has 0 aliphatic carbocycles. The van der Waals surface area contributed by atoms with E-state index in [1.54, 1.807) is 4.57 Å². The fourth-order valence-electron chi connectivity index (χ4n) is 3.90. The first-order valence-corrected chi connectivity index (χ1v) is 11.4. The number of hydrogen-bond acceptors (Lipinski definition) is 7. The molecule has 12 heteroatoms. The smallest absolute Gasteiger partial charge is 0.341 e. The average Bonchev–Trinajstić information content (AvgIpc) is 3.22. The molecule has 0 spiro atoms. The number of aromatic nitrogens is 2. The van der Waals surface area contributed by atoms with Crippen LogP contribution in [0.5, 0.6) is 0 Å². The zero-order chi connectivity index (χ0) is 23.3. The zero-order valence-corrected chi connectivity index (χ0v) is 18.4. The summed E-state index contributed by atoms with van der Waals surface area (Å²) >= 11 is 0. The summed E-state index contributed by atoms with van der Waals surface area (Å²) in [6.07, 6.45) is 2.97. The number of carboxylic acids is 1. The van der Waals surface area contributed by atoms with Crippen LogP contribution in [-0.4, -0.2) is 65.0 Å². The quantitative estimate of drug-likeness (QED) is 0.565. The minimum Gasteiger partial charge on any atom is -0.477 e. The highest BCUT2D eigenvalue weighted by Gasteiger charge is 2.39. The van der Waals surface area contributed by atoms with Gasteiger partial charge in [0.25, 0.3) is 10.1 Å². The Balaban J connectivity index is 0.000000491. The van der Waals surface area contributed by atoms with Gasteiger partial charge >= 0.3 is 5.97 Å². The summed E-state index contributed by atoms with van der Waals surface area (Å²) in [5.41, 5.74) is -1.31. The van der Waals surface area contributed by atoms with Crippen LogP contribution in [-0.2, 0) is 15.7 Å². The molecule has 0 saturated carbocycles. The summed E-state index contributed by atoms with van der Waals surface area (Å²) in [5.74, 6) is -1.69. The zero-order valence-electron chi connectivity index (χ0n) is 17.6. The van der Waals surface area contributed by atoms with Crippen LogP contribution < -0.4 is 15.6 Å². The van der Waals surface area contributed by atoms with E-state index in [9.17, 15) is 27.5 Å². The van der Waals surface area contributed by atoms with Crippen molar-refractivity contribution in [2.45, 2.75) is 44.8 Å². The predicted molar refractivity (Wildman–Crippen MR) is 113 cm³/mol. The molecule has 31 heavy (non-hydrogen) atoms. The van der Waals surface area contributed by atoms with Crippen LogP contribution in [0, 0.1) is 5.82 Å². The summed E-state index contributed by atoms with van der Waals surface area (Å²) in [6, 6.07) is 1.65. The van der Waals surface area contributed by atoms with Gasteiger partial charge in [0.15, 0.2) is 11.6 Å². The van der Waals surface area contributed by atoms with Crippen LogP contribution in [0.1, 0.15) is 37.6 Å². The first kappa shape index (κ1) is 23.1. The maximum atomic E-state index is 14.8. The van der Waals surface area contributed by atoms with Gasteiger partial charge < -0.3 is 19.9 Å². The van der Waals surface area contributed by atoms with E-state index in [2.05, 4.69) is 10.3 Å². The standard InChI is InChI=1S/C18H21FN4O3.CH4O3S/c1-18(2,3)23-8-12(17(25)26)14(24)11-5-13(19)16(21-15(11)23)22-7-9-4-10(22)6-20-9;1-5(2,3)4/h5,8-10,20H,4,6-7H2,1-3H3,(H,25,26);1H3,(H,2,3,4)/t9?,10-;/m1./s1. The van der Waals surface area contributed by atoms with Crippen molar-refractivity contribution < 1.29 is 27.3 Å². The second kappa shape index (κ2) is 7.84. The largest absolute Gasteiger partial charge is 0.477 e. The van der Waals surface area contributed by atoms with E-state index in [4.69, 9.17) is 4.55 Å². The number of anilines is 1. The SMILES string of the molecule is CC(C)(C)n1cc(C(=O)O)c(=O)c2cc(F)c(N3CC4C[C@@H]3CN4)nc21.CS(=O)(=O)O. The number of piperazine rings is 1. The molecule has 4 rings (SSSR count). The Morgan fingerprint density at radius 2 is 1.97 bits per heavy atom. The number of aromatic carboxylic acids is 1. The van der Waals surface area contributed by atoms with Gasteiger partial charge in [-0.15, -0.1) is 0 Å². The average molecular weight is 456 g/mol. The number of pyridine rings is 2. The number of carboxylic acid groups (broad SMARTS) is 1. The molecule has 2 aromatic rings. The predicted octanol–water partition coefficient (Wildman–Crippen LogP) is 1.04. The monoisotopic (exact) mass is 456 g/mol. The van der Waals surface area contributed by atoms with Gasteiger partial charge in [-0.25, -0.2) is 14.2 Å². The summed E-state index contributed by atoms with van der Waals surface area (Å²) in [7, 11) is -3.67. The summed E-state index contributed by atoms with van der Waals surface area (Å²) in [6.45, 7) is 7.11. The summed E-state index contributed by atoms with van der Waals surface area (Å²) < 4.78 is 42.3. The van der Waals surface area contributed by atoms with Crippen molar-refractivity contribution in [3.05, 3.63) is 33.9 Å². The van der Waals surface area contributed by atoms with Gasteiger partial charge in [0, 0.05) is 36.9 Å². The number of nitrogens with zero attached hydrogens (tertiary/aromatic N) is 3. The minimum absolute atomic E-state index is 0.0106. The fourth-order valence-corrected chi connectivity index (χ4v) is 3.90. The van der Waals surface area contributed by atoms with Gasteiger partial charge in [-0.2, -0.15) is 8.42 Å². The molecule has 10 nitrogen and oxygen atoms in total. The Kier molecular flexibility index (Phi) is 5.84. The molecule has 0 aromatic carbocycles. The number of rotatable bonds is 2. The van der Waals surface area contributed by atoms with Crippen molar-refractivity contribution >= 4 is 32.9 Å². The van der Waals surface area contributed by atoms with E-state index in [-0.39, 0.29) is 22.8 Å². The second-order valence-electron chi connectivity index (χ2n) is 8.76. The van der Waals surface area contributed by atoms with E-state index in [1.165, 1.54) is 6.20 Å². The molecule has 3 N–H and O–H groups in total. The lowest BCUT2D eigenvalue weighted by Crippen LogP contribution is -2.44. The lowest BCUT2D eigenvalue weighted by Gasteiger charge is -2.30. The van der Waals surface area contributed by atoms with Crippen molar-refractivity contribution in [3.8, 4) is 0 Å². The lowest BCUT2D eigenvalue weighted by atomic mass is 10.1. The Labute approximate surface area is 178 Å². The minimum atomic E-state index is -3.67. The Bertz CT molecular complexity index is 1200. The highest BCUT2D eigenvalue weighted by atomic mass is 32.2. The van der Waals surface area contributed by atoms with E-state index in [0.717, 1.165) is 19.0 Å². The molecular weight excluding hydrogens is 431 g/mol. The molecule has 2 atom stereocenters. The third kappa shape index (κ3) is 4.86. The first-order chi connectivity index (χ1) is 14.2. The fraction of sp³-hybridized carbons (Fsp3) is 0.526. The Morgan fingerprint density at radius 1 is 1.35 bits per heavy atom. The second-order valence-corrected chi connectivity index (χ2v) is 10.2. The van der Waals surface area contributed by atoms with Gasteiger partial charge in [-0.05, 0) is 33.3 Å². The van der Waals surface area contributed by atoms with Crippen LogP contribution >= 0.6 is 0 Å². The molecule has 2 aliphatic rings. The van der Waals surface area contributed by atoms with Crippen LogP contribution in [0.4, 0.5) is 10.2 Å². The third-order valence-corrected chi connectivity index (χ3v) is 5.19. The first-order valence-electron chi connectivity index (χ1n) is 9.59. The third-order valence-electron chi connectivity index (χ3n) is 5.19. The van der Waals surface area contributed by atoms with E-state index < -0.39 is 32.9 Å². The molecule has 4 heterocycles.